The van der Waals surface area contributed by atoms with Gasteiger partial charge in [0.2, 0.25) is 0 Å². The molecule has 0 saturated heterocycles. The molecule has 1 aromatic rings. The van der Waals surface area contributed by atoms with Crippen LogP contribution in [0, 0.1) is 0 Å². The van der Waals surface area contributed by atoms with Gasteiger partial charge in [0.25, 0.3) is 0 Å². The molecule has 4 nitrogen and oxygen atoms in total. The maximum absolute atomic E-state index is 12.9. The molecule has 0 amide bonds. The highest BCUT2D eigenvalue weighted by molar-refractivity contribution is 4.98. The van der Waals surface area contributed by atoms with Crippen LogP contribution in [0.15, 0.2) is 12.4 Å². The molecule has 0 saturated carbocycles. The van der Waals surface area contributed by atoms with E-state index in [1.807, 2.05) is 4.57 Å². The molecule has 2 rings (SSSR count). The van der Waals surface area contributed by atoms with Gasteiger partial charge in [-0.3, -0.25) is 4.90 Å². The van der Waals surface area contributed by atoms with E-state index in [1.54, 1.807) is 12.4 Å². The highest BCUT2D eigenvalue weighted by Gasteiger charge is 2.46. The molecule has 2 heterocycles. The van der Waals surface area contributed by atoms with Gasteiger partial charge in [-0.1, -0.05) is 0 Å². The van der Waals surface area contributed by atoms with Crippen molar-refractivity contribution in [1.82, 2.24) is 14.5 Å². The van der Waals surface area contributed by atoms with Gasteiger partial charge < -0.3 is 10.3 Å². The molecule has 0 aromatic carbocycles. The summed E-state index contributed by atoms with van der Waals surface area (Å²) in [4.78, 5) is 5.40. The highest BCUT2D eigenvalue weighted by atomic mass is 19.4. The number of hydrogen-bond donors (Lipinski definition) is 1. The topological polar surface area (TPSA) is 47.1 Å². The maximum atomic E-state index is 12.9. The molecule has 0 bridgehead atoms. The average Bonchev–Trinajstić information content (AvgIpc) is 2.61. The van der Waals surface area contributed by atoms with Crippen molar-refractivity contribution in [2.45, 2.75) is 38.3 Å². The van der Waals surface area contributed by atoms with E-state index in [1.165, 1.54) is 11.8 Å². The van der Waals surface area contributed by atoms with Crippen LogP contribution in [0.5, 0.6) is 0 Å². The lowest BCUT2D eigenvalue weighted by molar-refractivity contribution is -0.191. The van der Waals surface area contributed by atoms with Crippen molar-refractivity contribution in [2.24, 2.45) is 5.73 Å². The van der Waals surface area contributed by atoms with Crippen molar-refractivity contribution < 1.29 is 13.2 Å². The second-order valence-corrected chi connectivity index (χ2v) is 4.35. The fourth-order valence-corrected chi connectivity index (χ4v) is 2.27. The molecule has 0 spiro atoms. The van der Waals surface area contributed by atoms with E-state index in [-0.39, 0.29) is 6.54 Å². The first-order valence-electron chi connectivity index (χ1n) is 5.46. The van der Waals surface area contributed by atoms with Gasteiger partial charge in [-0.15, -0.1) is 0 Å². The van der Waals surface area contributed by atoms with Crippen LogP contribution in [0.25, 0.3) is 0 Å². The summed E-state index contributed by atoms with van der Waals surface area (Å²) in [6, 6.07) is -2.55. The Bertz CT molecular complexity index is 385. The lowest BCUT2D eigenvalue weighted by atomic mass is 10.1. The Morgan fingerprint density at radius 2 is 2.12 bits per heavy atom. The number of alkyl halides is 3. The van der Waals surface area contributed by atoms with Crippen molar-refractivity contribution in [2.75, 3.05) is 6.54 Å². The number of hydrogen-bond acceptors (Lipinski definition) is 3. The Labute approximate surface area is 97.2 Å². The summed E-state index contributed by atoms with van der Waals surface area (Å²) in [5.41, 5.74) is 5.46. The van der Waals surface area contributed by atoms with Crippen LogP contribution in [0.2, 0.25) is 0 Å². The molecule has 96 valence electrons. The first-order valence-corrected chi connectivity index (χ1v) is 5.46. The van der Waals surface area contributed by atoms with E-state index in [2.05, 4.69) is 4.98 Å². The predicted molar refractivity (Wildman–Crippen MR) is 56.1 cm³/mol. The standard InChI is InChI=1S/C10H15F3N4/c1-7(14)9(10(11,12)13)17-5-4-16-3-2-15-8(16)6-17/h2-3,7,9H,4-6,14H2,1H3. The van der Waals surface area contributed by atoms with Gasteiger partial charge in [-0.25, -0.2) is 4.98 Å². The molecule has 2 unspecified atom stereocenters. The fourth-order valence-electron chi connectivity index (χ4n) is 2.27. The molecular weight excluding hydrogens is 233 g/mol. The number of nitrogens with zero attached hydrogens (tertiary/aromatic N) is 3. The zero-order valence-corrected chi connectivity index (χ0v) is 9.48. The lowest BCUT2D eigenvalue weighted by Gasteiger charge is -2.37. The van der Waals surface area contributed by atoms with Crippen molar-refractivity contribution in [3.63, 3.8) is 0 Å². The molecule has 7 heteroatoms. The van der Waals surface area contributed by atoms with Gasteiger partial charge in [-0.2, -0.15) is 13.2 Å². The van der Waals surface area contributed by atoms with Crippen LogP contribution in [0.1, 0.15) is 12.7 Å². The van der Waals surface area contributed by atoms with Crippen molar-refractivity contribution in [1.29, 1.82) is 0 Å². The number of imidazole rings is 1. The van der Waals surface area contributed by atoms with E-state index in [4.69, 9.17) is 5.73 Å². The second kappa shape index (κ2) is 4.30. The summed E-state index contributed by atoms with van der Waals surface area (Å²) in [7, 11) is 0. The quantitative estimate of drug-likeness (QED) is 0.848. The van der Waals surface area contributed by atoms with E-state index in [9.17, 15) is 13.2 Å². The molecule has 1 aromatic heterocycles. The zero-order chi connectivity index (χ0) is 12.6. The summed E-state index contributed by atoms with van der Waals surface area (Å²) < 4.78 is 40.6. The summed E-state index contributed by atoms with van der Waals surface area (Å²) in [5, 5.41) is 0. The number of nitrogens with two attached hydrogens (primary N) is 1. The van der Waals surface area contributed by atoms with E-state index >= 15 is 0 Å². The van der Waals surface area contributed by atoms with Crippen molar-refractivity contribution in [3.05, 3.63) is 18.2 Å². The second-order valence-electron chi connectivity index (χ2n) is 4.35. The Hall–Kier alpha value is -1.08. The monoisotopic (exact) mass is 248 g/mol. The predicted octanol–water partition coefficient (Wildman–Crippen LogP) is 0.977. The van der Waals surface area contributed by atoms with Crippen LogP contribution in [-0.2, 0) is 13.1 Å². The van der Waals surface area contributed by atoms with Crippen LogP contribution in [0.4, 0.5) is 13.2 Å². The molecule has 0 fully saturated rings. The lowest BCUT2D eigenvalue weighted by Crippen LogP contribution is -2.56. The van der Waals surface area contributed by atoms with E-state index in [0.29, 0.717) is 18.9 Å². The summed E-state index contributed by atoms with van der Waals surface area (Å²) >= 11 is 0. The van der Waals surface area contributed by atoms with Crippen molar-refractivity contribution in [3.8, 4) is 0 Å². The first-order chi connectivity index (χ1) is 7.89. The Morgan fingerprint density at radius 1 is 1.41 bits per heavy atom. The number of rotatable bonds is 2. The molecule has 17 heavy (non-hydrogen) atoms. The van der Waals surface area contributed by atoms with Crippen LogP contribution in [0.3, 0.4) is 0 Å². The molecule has 1 aliphatic rings. The Kier molecular flexibility index (Phi) is 3.13. The third-order valence-corrected chi connectivity index (χ3v) is 3.00. The third kappa shape index (κ3) is 2.44. The fraction of sp³-hybridized carbons (Fsp3) is 0.700. The zero-order valence-electron chi connectivity index (χ0n) is 9.48. The van der Waals surface area contributed by atoms with Crippen LogP contribution in [-0.4, -0.2) is 39.3 Å². The number of aromatic nitrogens is 2. The molecule has 0 aliphatic carbocycles. The van der Waals surface area contributed by atoms with Gasteiger partial charge >= 0.3 is 6.18 Å². The van der Waals surface area contributed by atoms with Crippen LogP contribution < -0.4 is 5.73 Å². The molecule has 0 radical (unpaired) electrons. The SMILES string of the molecule is CC(N)C(N1CCn2ccnc2C1)C(F)(F)F. The summed E-state index contributed by atoms with van der Waals surface area (Å²) in [6.45, 7) is 2.45. The third-order valence-electron chi connectivity index (χ3n) is 3.00. The average molecular weight is 248 g/mol. The Morgan fingerprint density at radius 3 is 2.71 bits per heavy atom. The van der Waals surface area contributed by atoms with Gasteiger partial charge in [0.1, 0.15) is 11.9 Å². The highest BCUT2D eigenvalue weighted by Crippen LogP contribution is 2.29. The van der Waals surface area contributed by atoms with Gasteiger partial charge in [0.05, 0.1) is 6.54 Å². The molecule has 1 aliphatic heterocycles. The van der Waals surface area contributed by atoms with E-state index < -0.39 is 18.3 Å². The van der Waals surface area contributed by atoms with Crippen LogP contribution >= 0.6 is 0 Å². The minimum absolute atomic E-state index is 0.193. The largest absolute Gasteiger partial charge is 0.405 e. The Balaban J connectivity index is 2.18. The normalized spacial score (nSPS) is 21.0. The first kappa shape index (κ1) is 12.4. The van der Waals surface area contributed by atoms with Gasteiger partial charge in [-0.05, 0) is 6.92 Å². The molecule has 2 atom stereocenters. The summed E-state index contributed by atoms with van der Waals surface area (Å²) in [6.07, 6.45) is -0.919. The minimum Gasteiger partial charge on any atom is -0.333 e. The van der Waals surface area contributed by atoms with Gasteiger partial charge in [0.15, 0.2) is 0 Å². The molecule has 2 N–H and O–H groups in total. The van der Waals surface area contributed by atoms with E-state index in [0.717, 1.165) is 0 Å². The molecular formula is C10H15F3N4. The van der Waals surface area contributed by atoms with Crippen molar-refractivity contribution >= 4 is 0 Å². The maximum Gasteiger partial charge on any atom is 0.405 e. The van der Waals surface area contributed by atoms with Gasteiger partial charge in [0, 0.05) is 31.5 Å². The number of fused-ring (bicyclic) bond motifs is 1. The number of halogens is 3. The minimum atomic E-state index is -4.30. The smallest absolute Gasteiger partial charge is 0.333 e. The summed E-state index contributed by atoms with van der Waals surface area (Å²) in [5.74, 6) is 0.658.